The Labute approximate surface area is 183 Å². The number of benzene rings is 2. The maximum atomic E-state index is 12.4. The van der Waals surface area contributed by atoms with Crippen molar-refractivity contribution >= 4 is 46.2 Å². The smallest absolute Gasteiger partial charge is 0.244 e. The first-order chi connectivity index (χ1) is 14.5. The predicted octanol–water partition coefficient (Wildman–Crippen LogP) is 5.88. The lowest BCUT2D eigenvalue weighted by atomic mass is 10.2. The zero-order valence-electron chi connectivity index (χ0n) is 16.2. The van der Waals surface area contributed by atoms with Crippen molar-refractivity contribution in [2.24, 2.45) is 0 Å². The van der Waals surface area contributed by atoms with E-state index in [0.29, 0.717) is 28.2 Å². The number of hydrogen-bond donors (Lipinski definition) is 1. The van der Waals surface area contributed by atoms with Crippen molar-refractivity contribution in [1.29, 1.82) is 0 Å². The highest BCUT2D eigenvalue weighted by molar-refractivity contribution is 6.36. The molecule has 2 aromatic carbocycles. The molecule has 2 aromatic heterocycles. The molecule has 0 unspecified atom stereocenters. The fourth-order valence-electron chi connectivity index (χ4n) is 3.30. The molecular formula is C23H19Cl2N3O2. The van der Waals surface area contributed by atoms with Crippen LogP contribution in [0.3, 0.4) is 0 Å². The summed E-state index contributed by atoms with van der Waals surface area (Å²) in [5.41, 5.74) is 2.58. The van der Waals surface area contributed by atoms with Crippen LogP contribution in [0.25, 0.3) is 17.1 Å². The van der Waals surface area contributed by atoms with Gasteiger partial charge in [0.05, 0.1) is 29.9 Å². The molecule has 0 aliphatic carbocycles. The molecule has 1 amide bonds. The van der Waals surface area contributed by atoms with Gasteiger partial charge in [-0.15, -0.1) is 0 Å². The number of rotatable bonds is 6. The number of aromatic nitrogens is 2. The normalized spacial score (nSPS) is 12.5. The first kappa shape index (κ1) is 20.3. The van der Waals surface area contributed by atoms with Crippen molar-refractivity contribution in [2.45, 2.75) is 19.5 Å². The van der Waals surface area contributed by atoms with Gasteiger partial charge in [0.25, 0.3) is 0 Å². The van der Waals surface area contributed by atoms with Gasteiger partial charge in [0, 0.05) is 21.7 Å². The summed E-state index contributed by atoms with van der Waals surface area (Å²) in [5, 5.41) is 4.13. The van der Waals surface area contributed by atoms with Crippen LogP contribution in [0.1, 0.15) is 30.1 Å². The number of fused-ring (bicyclic) bond motifs is 1. The van der Waals surface area contributed by atoms with Crippen LogP contribution < -0.4 is 5.32 Å². The SMILES string of the molecule is C[C@@H](NC(=O)/C=C\c1ccco1)c1nc2ccccc2n1Cc1c(Cl)cccc1Cl. The molecule has 30 heavy (non-hydrogen) atoms. The molecule has 5 nitrogen and oxygen atoms in total. The molecule has 0 radical (unpaired) electrons. The van der Waals surface area contributed by atoms with Gasteiger partial charge in [-0.05, 0) is 49.4 Å². The van der Waals surface area contributed by atoms with Crippen LogP contribution in [0.15, 0.2) is 71.4 Å². The maximum Gasteiger partial charge on any atom is 0.244 e. The molecule has 0 aliphatic rings. The van der Waals surface area contributed by atoms with E-state index in [1.54, 1.807) is 24.5 Å². The van der Waals surface area contributed by atoms with Gasteiger partial charge in [-0.3, -0.25) is 4.79 Å². The number of hydrogen-bond acceptors (Lipinski definition) is 3. The third kappa shape index (κ3) is 4.27. The zero-order chi connectivity index (χ0) is 21.1. The Bertz CT molecular complexity index is 1190. The van der Waals surface area contributed by atoms with Crippen molar-refractivity contribution in [2.75, 3.05) is 0 Å². The summed E-state index contributed by atoms with van der Waals surface area (Å²) in [5.74, 6) is 1.08. The van der Waals surface area contributed by atoms with Crippen molar-refractivity contribution in [3.05, 3.63) is 94.1 Å². The van der Waals surface area contributed by atoms with Crippen molar-refractivity contribution in [1.82, 2.24) is 14.9 Å². The van der Waals surface area contributed by atoms with Gasteiger partial charge in [-0.25, -0.2) is 4.98 Å². The molecule has 0 fully saturated rings. The van der Waals surface area contributed by atoms with E-state index in [0.717, 1.165) is 16.6 Å². The van der Waals surface area contributed by atoms with Crippen molar-refractivity contribution in [3.63, 3.8) is 0 Å². The summed E-state index contributed by atoms with van der Waals surface area (Å²) in [4.78, 5) is 17.1. The van der Waals surface area contributed by atoms with Gasteiger partial charge in [-0.1, -0.05) is 41.4 Å². The van der Waals surface area contributed by atoms with Crippen molar-refractivity contribution < 1.29 is 9.21 Å². The lowest BCUT2D eigenvalue weighted by molar-refractivity contribution is -0.117. The number of halogens is 2. The Kier molecular flexibility index (Phi) is 5.93. The first-order valence-corrected chi connectivity index (χ1v) is 10.2. The van der Waals surface area contributed by atoms with Gasteiger partial charge in [0.15, 0.2) is 0 Å². The maximum absolute atomic E-state index is 12.4. The summed E-state index contributed by atoms with van der Waals surface area (Å²) in [7, 11) is 0. The van der Waals surface area contributed by atoms with Crippen LogP contribution in [-0.4, -0.2) is 15.5 Å². The largest absolute Gasteiger partial charge is 0.465 e. The number of imidazole rings is 1. The predicted molar refractivity (Wildman–Crippen MR) is 120 cm³/mol. The Morgan fingerprint density at radius 2 is 1.90 bits per heavy atom. The Hall–Kier alpha value is -3.02. The number of furan rings is 1. The minimum atomic E-state index is -0.340. The second-order valence-electron chi connectivity index (χ2n) is 6.82. The van der Waals surface area contributed by atoms with Gasteiger partial charge >= 0.3 is 0 Å². The molecule has 152 valence electrons. The van der Waals surface area contributed by atoms with Crippen LogP contribution in [-0.2, 0) is 11.3 Å². The fraction of sp³-hybridized carbons (Fsp3) is 0.130. The number of carbonyl (C=O) groups excluding carboxylic acids is 1. The summed E-state index contributed by atoms with van der Waals surface area (Å²) < 4.78 is 7.24. The second-order valence-corrected chi connectivity index (χ2v) is 7.64. The van der Waals surface area contributed by atoms with E-state index >= 15 is 0 Å². The van der Waals surface area contributed by atoms with Crippen LogP contribution >= 0.6 is 23.2 Å². The van der Waals surface area contributed by atoms with Gasteiger partial charge in [0.1, 0.15) is 11.6 Å². The minimum Gasteiger partial charge on any atom is -0.465 e. The lowest BCUT2D eigenvalue weighted by Gasteiger charge is -2.17. The summed E-state index contributed by atoms with van der Waals surface area (Å²) in [6, 6.07) is 16.5. The van der Waals surface area contributed by atoms with E-state index < -0.39 is 0 Å². The van der Waals surface area contributed by atoms with E-state index in [1.807, 2.05) is 54.0 Å². The van der Waals surface area contributed by atoms with Crippen LogP contribution in [0.2, 0.25) is 10.0 Å². The second kappa shape index (κ2) is 8.78. The first-order valence-electron chi connectivity index (χ1n) is 9.43. The molecule has 0 saturated carbocycles. The van der Waals surface area contributed by atoms with Crippen molar-refractivity contribution in [3.8, 4) is 0 Å². The molecule has 0 bridgehead atoms. The molecule has 4 rings (SSSR count). The highest BCUT2D eigenvalue weighted by Gasteiger charge is 2.19. The number of amides is 1. The number of para-hydroxylation sites is 2. The number of nitrogens with one attached hydrogen (secondary N) is 1. The highest BCUT2D eigenvalue weighted by Crippen LogP contribution is 2.29. The molecule has 2 heterocycles. The zero-order valence-corrected chi connectivity index (χ0v) is 17.7. The standard InChI is InChI=1S/C23H19Cl2N3O2/c1-15(26-22(29)12-11-16-6-5-13-30-16)23-27-20-9-2-3-10-21(20)28(23)14-17-18(24)7-4-8-19(17)25/h2-13,15H,14H2,1H3,(H,26,29)/b12-11-/t15-/m1/s1. The molecule has 0 aliphatic heterocycles. The Balaban J connectivity index is 1.65. The summed E-state index contributed by atoms with van der Waals surface area (Å²) in [6.07, 6.45) is 4.62. The molecule has 7 heteroatoms. The summed E-state index contributed by atoms with van der Waals surface area (Å²) >= 11 is 12.8. The average Bonchev–Trinajstić information content (AvgIpc) is 3.37. The Morgan fingerprint density at radius 3 is 2.63 bits per heavy atom. The van der Waals surface area contributed by atoms with Gasteiger partial charge in [-0.2, -0.15) is 0 Å². The van der Waals surface area contributed by atoms with E-state index in [4.69, 9.17) is 32.6 Å². The minimum absolute atomic E-state index is 0.242. The fourth-order valence-corrected chi connectivity index (χ4v) is 3.82. The number of carbonyl (C=O) groups is 1. The lowest BCUT2D eigenvalue weighted by Crippen LogP contribution is -2.27. The molecule has 1 atom stereocenters. The quantitative estimate of drug-likeness (QED) is 0.381. The van der Waals surface area contributed by atoms with E-state index in [9.17, 15) is 4.79 Å². The third-order valence-corrected chi connectivity index (χ3v) is 5.46. The average molecular weight is 440 g/mol. The van der Waals surface area contributed by atoms with Gasteiger partial charge in [0.2, 0.25) is 5.91 Å². The molecule has 1 N–H and O–H groups in total. The van der Waals surface area contributed by atoms with Crippen LogP contribution in [0, 0.1) is 0 Å². The van der Waals surface area contributed by atoms with E-state index in [-0.39, 0.29) is 11.9 Å². The Morgan fingerprint density at radius 1 is 1.13 bits per heavy atom. The summed E-state index contributed by atoms with van der Waals surface area (Å²) in [6.45, 7) is 2.33. The highest BCUT2D eigenvalue weighted by atomic mass is 35.5. The third-order valence-electron chi connectivity index (χ3n) is 4.75. The molecule has 4 aromatic rings. The van der Waals surface area contributed by atoms with Crippen LogP contribution in [0.5, 0.6) is 0 Å². The monoisotopic (exact) mass is 439 g/mol. The van der Waals surface area contributed by atoms with E-state index in [2.05, 4.69) is 5.32 Å². The molecule has 0 saturated heterocycles. The van der Waals surface area contributed by atoms with Gasteiger partial charge < -0.3 is 14.3 Å². The topological polar surface area (TPSA) is 60.1 Å². The molecular weight excluding hydrogens is 421 g/mol. The molecule has 0 spiro atoms. The van der Waals surface area contributed by atoms with Crippen LogP contribution in [0.4, 0.5) is 0 Å². The number of nitrogens with zero attached hydrogens (tertiary/aromatic N) is 2. The van der Waals surface area contributed by atoms with E-state index in [1.165, 1.54) is 6.08 Å².